The van der Waals surface area contributed by atoms with E-state index in [-0.39, 0.29) is 5.56 Å². The Hall–Kier alpha value is -1.52. The first-order valence-corrected chi connectivity index (χ1v) is 7.02. The molecule has 5 nitrogen and oxygen atoms in total. The Morgan fingerprint density at radius 2 is 2.32 bits per heavy atom. The summed E-state index contributed by atoms with van der Waals surface area (Å²) < 4.78 is 5.18. The molecule has 104 valence electrons. The standard InChI is InChI=1S/C14H21N3O2/c1-17(7-11-6-9-3-4-10(11)5-9)13-12(19-2)14(18)16-8-15-13/h8-11H,3-7H2,1-2H3,(H,15,16,18). The predicted molar refractivity (Wildman–Crippen MR) is 73.6 cm³/mol. The Morgan fingerprint density at radius 3 is 2.95 bits per heavy atom. The molecule has 3 rings (SSSR count). The maximum Gasteiger partial charge on any atom is 0.295 e. The Kier molecular flexibility index (Phi) is 3.21. The van der Waals surface area contributed by atoms with E-state index in [0.717, 1.165) is 24.3 Å². The summed E-state index contributed by atoms with van der Waals surface area (Å²) in [6.07, 6.45) is 6.97. The molecule has 1 aromatic rings. The number of aromatic nitrogens is 2. The molecule has 2 fully saturated rings. The van der Waals surface area contributed by atoms with Gasteiger partial charge in [-0.1, -0.05) is 6.42 Å². The van der Waals surface area contributed by atoms with Gasteiger partial charge < -0.3 is 14.6 Å². The zero-order valence-electron chi connectivity index (χ0n) is 11.6. The minimum Gasteiger partial charge on any atom is -0.489 e. The number of aromatic amines is 1. The number of rotatable bonds is 4. The maximum atomic E-state index is 11.7. The maximum absolute atomic E-state index is 11.7. The van der Waals surface area contributed by atoms with Crippen LogP contribution in [0.25, 0.3) is 0 Å². The van der Waals surface area contributed by atoms with Gasteiger partial charge in [-0.15, -0.1) is 0 Å². The van der Waals surface area contributed by atoms with E-state index < -0.39 is 0 Å². The van der Waals surface area contributed by atoms with Gasteiger partial charge in [0.25, 0.3) is 5.56 Å². The molecule has 0 aliphatic heterocycles. The molecule has 2 saturated carbocycles. The lowest BCUT2D eigenvalue weighted by molar-refractivity contribution is 0.335. The zero-order valence-corrected chi connectivity index (χ0v) is 11.6. The minimum absolute atomic E-state index is 0.215. The van der Waals surface area contributed by atoms with Gasteiger partial charge >= 0.3 is 0 Å². The van der Waals surface area contributed by atoms with Crippen molar-refractivity contribution in [3.63, 3.8) is 0 Å². The highest BCUT2D eigenvalue weighted by Crippen LogP contribution is 2.48. The highest BCUT2D eigenvalue weighted by Gasteiger charge is 2.39. The Balaban J connectivity index is 1.75. The first kappa shape index (κ1) is 12.5. The van der Waals surface area contributed by atoms with Crippen LogP contribution >= 0.6 is 0 Å². The normalized spacial score (nSPS) is 28.6. The van der Waals surface area contributed by atoms with Crippen LogP contribution in [0.2, 0.25) is 0 Å². The molecule has 2 aliphatic rings. The van der Waals surface area contributed by atoms with Crippen LogP contribution < -0.4 is 15.2 Å². The number of hydrogen-bond acceptors (Lipinski definition) is 4. The second kappa shape index (κ2) is 4.87. The lowest BCUT2D eigenvalue weighted by atomic mass is 9.88. The van der Waals surface area contributed by atoms with Gasteiger partial charge in [0, 0.05) is 13.6 Å². The summed E-state index contributed by atoms with van der Waals surface area (Å²) in [5.41, 5.74) is -0.215. The number of nitrogens with one attached hydrogen (secondary N) is 1. The lowest BCUT2D eigenvalue weighted by Crippen LogP contribution is -2.30. The van der Waals surface area contributed by atoms with Crippen molar-refractivity contribution in [1.82, 2.24) is 9.97 Å². The van der Waals surface area contributed by atoms with Gasteiger partial charge in [0.15, 0.2) is 5.82 Å². The number of H-pyrrole nitrogens is 1. The molecule has 0 spiro atoms. The van der Waals surface area contributed by atoms with Gasteiger partial charge in [-0.25, -0.2) is 4.98 Å². The third-order valence-corrected chi connectivity index (χ3v) is 4.75. The van der Waals surface area contributed by atoms with Crippen molar-refractivity contribution in [2.24, 2.45) is 17.8 Å². The molecule has 3 unspecified atom stereocenters. The fraction of sp³-hybridized carbons (Fsp3) is 0.714. The van der Waals surface area contributed by atoms with Crippen LogP contribution in [0.4, 0.5) is 5.82 Å². The van der Waals surface area contributed by atoms with Crippen molar-refractivity contribution in [3.8, 4) is 5.75 Å². The number of ether oxygens (including phenoxy) is 1. The summed E-state index contributed by atoms with van der Waals surface area (Å²) in [6.45, 7) is 0.966. The molecule has 2 bridgehead atoms. The molecule has 0 amide bonds. The third kappa shape index (κ3) is 2.22. The van der Waals surface area contributed by atoms with E-state index in [4.69, 9.17) is 4.74 Å². The van der Waals surface area contributed by atoms with E-state index in [1.165, 1.54) is 39.1 Å². The SMILES string of the molecule is COc1c(N(C)CC2CC3CCC2C3)nc[nH]c1=O. The van der Waals surface area contributed by atoms with E-state index in [0.29, 0.717) is 11.6 Å². The molecule has 1 aromatic heterocycles. The van der Waals surface area contributed by atoms with Crippen LogP contribution in [0, 0.1) is 17.8 Å². The summed E-state index contributed by atoms with van der Waals surface area (Å²) in [5, 5.41) is 0. The average molecular weight is 263 g/mol. The molecular formula is C14H21N3O2. The van der Waals surface area contributed by atoms with E-state index in [2.05, 4.69) is 14.9 Å². The molecule has 0 saturated heterocycles. The highest BCUT2D eigenvalue weighted by atomic mass is 16.5. The molecule has 5 heteroatoms. The average Bonchev–Trinajstić information content (AvgIpc) is 3.00. The Labute approximate surface area is 113 Å². The molecule has 2 aliphatic carbocycles. The summed E-state index contributed by atoms with van der Waals surface area (Å²) >= 11 is 0. The molecule has 1 N–H and O–H groups in total. The molecule has 0 radical (unpaired) electrons. The van der Waals surface area contributed by atoms with Crippen molar-refractivity contribution in [1.29, 1.82) is 0 Å². The van der Waals surface area contributed by atoms with Crippen molar-refractivity contribution < 1.29 is 4.74 Å². The topological polar surface area (TPSA) is 58.2 Å². The van der Waals surface area contributed by atoms with E-state index in [1.54, 1.807) is 0 Å². The van der Waals surface area contributed by atoms with E-state index >= 15 is 0 Å². The van der Waals surface area contributed by atoms with Gasteiger partial charge in [0.1, 0.15) is 0 Å². The van der Waals surface area contributed by atoms with Gasteiger partial charge in [-0.05, 0) is 37.0 Å². The summed E-state index contributed by atoms with van der Waals surface area (Å²) in [6, 6.07) is 0. The van der Waals surface area contributed by atoms with Crippen LogP contribution in [0.15, 0.2) is 11.1 Å². The smallest absolute Gasteiger partial charge is 0.295 e. The van der Waals surface area contributed by atoms with Gasteiger partial charge in [-0.2, -0.15) is 0 Å². The molecule has 1 heterocycles. The van der Waals surface area contributed by atoms with Crippen LogP contribution in [0.1, 0.15) is 25.7 Å². The minimum atomic E-state index is -0.215. The Morgan fingerprint density at radius 1 is 1.47 bits per heavy atom. The fourth-order valence-corrected chi connectivity index (χ4v) is 3.87. The number of methoxy groups -OCH3 is 1. The number of hydrogen-bond donors (Lipinski definition) is 1. The third-order valence-electron chi connectivity index (χ3n) is 4.75. The Bertz CT molecular complexity index is 514. The van der Waals surface area contributed by atoms with Crippen molar-refractivity contribution in [2.45, 2.75) is 25.7 Å². The van der Waals surface area contributed by atoms with Crippen LogP contribution in [0.5, 0.6) is 5.75 Å². The van der Waals surface area contributed by atoms with Crippen molar-refractivity contribution in [3.05, 3.63) is 16.7 Å². The quantitative estimate of drug-likeness (QED) is 0.897. The first-order chi connectivity index (χ1) is 9.19. The number of nitrogens with zero attached hydrogens (tertiary/aromatic N) is 2. The molecule has 3 atom stereocenters. The zero-order chi connectivity index (χ0) is 13.4. The fourth-order valence-electron chi connectivity index (χ4n) is 3.87. The largest absolute Gasteiger partial charge is 0.489 e. The second-order valence-corrected chi connectivity index (χ2v) is 5.90. The molecular weight excluding hydrogens is 242 g/mol. The highest BCUT2D eigenvalue weighted by molar-refractivity contribution is 5.50. The molecule has 19 heavy (non-hydrogen) atoms. The summed E-state index contributed by atoms with van der Waals surface area (Å²) in [7, 11) is 3.51. The van der Waals surface area contributed by atoms with E-state index in [9.17, 15) is 4.79 Å². The lowest BCUT2D eigenvalue weighted by Gasteiger charge is -2.28. The number of anilines is 1. The van der Waals surface area contributed by atoms with Crippen molar-refractivity contribution >= 4 is 5.82 Å². The van der Waals surface area contributed by atoms with Gasteiger partial charge in [0.2, 0.25) is 5.75 Å². The van der Waals surface area contributed by atoms with Crippen LogP contribution in [0.3, 0.4) is 0 Å². The van der Waals surface area contributed by atoms with Crippen LogP contribution in [-0.4, -0.2) is 30.7 Å². The number of fused-ring (bicyclic) bond motifs is 2. The summed E-state index contributed by atoms with van der Waals surface area (Å²) in [5.74, 6) is 3.52. The molecule has 0 aromatic carbocycles. The van der Waals surface area contributed by atoms with Gasteiger partial charge in [-0.3, -0.25) is 4.79 Å². The first-order valence-electron chi connectivity index (χ1n) is 7.02. The summed E-state index contributed by atoms with van der Waals surface area (Å²) in [4.78, 5) is 20.6. The monoisotopic (exact) mass is 263 g/mol. The van der Waals surface area contributed by atoms with Crippen LogP contribution in [-0.2, 0) is 0 Å². The predicted octanol–water partition coefficient (Wildman–Crippen LogP) is 1.65. The second-order valence-electron chi connectivity index (χ2n) is 5.90. The van der Waals surface area contributed by atoms with Crippen molar-refractivity contribution in [2.75, 3.05) is 25.6 Å². The van der Waals surface area contributed by atoms with E-state index in [1.807, 2.05) is 7.05 Å². The van der Waals surface area contributed by atoms with Gasteiger partial charge in [0.05, 0.1) is 13.4 Å².